The van der Waals surface area contributed by atoms with Crippen LogP contribution in [0.2, 0.25) is 0 Å². The quantitative estimate of drug-likeness (QED) is 0.456. The molecule has 0 amide bonds. The molecule has 0 aromatic carbocycles. The Hall–Kier alpha value is -1.39. The van der Waals surface area contributed by atoms with Crippen LogP contribution < -0.4 is 0 Å². The summed E-state index contributed by atoms with van der Waals surface area (Å²) >= 11 is 0. The first-order valence-corrected chi connectivity index (χ1v) is 3.33. The zero-order valence-electron chi connectivity index (χ0n) is 6.81. The molecule has 0 radical (unpaired) electrons. The summed E-state index contributed by atoms with van der Waals surface area (Å²) in [5.74, 6) is -0.130. The van der Waals surface area contributed by atoms with Gasteiger partial charge < -0.3 is 10.1 Å². The lowest BCUT2D eigenvalue weighted by atomic mass is 10.9. The van der Waals surface area contributed by atoms with Crippen LogP contribution in [0.25, 0.3) is 0 Å². The number of imidazole rings is 1. The average molecular weight is 157 g/mol. The molecule has 0 saturated carbocycles. The van der Waals surface area contributed by atoms with Crippen molar-refractivity contribution in [2.45, 2.75) is 13.8 Å². The molecule has 0 aliphatic rings. The Balaban J connectivity index is 0.000000461. The fraction of sp³-hybridized carbons (Fsp3) is 0.500. The van der Waals surface area contributed by atoms with E-state index in [4.69, 9.17) is 0 Å². The molecule has 5 heteroatoms. The fourth-order valence-corrected chi connectivity index (χ4v) is 0.534. The van der Waals surface area contributed by atoms with Crippen molar-refractivity contribution in [2.24, 2.45) is 7.05 Å². The normalized spacial score (nSPS) is 8.27. The molecule has 1 rings (SSSR count). The molecule has 0 aliphatic heterocycles. The van der Waals surface area contributed by atoms with E-state index in [9.17, 15) is 10.1 Å². The van der Waals surface area contributed by atoms with Crippen LogP contribution in [-0.4, -0.2) is 14.5 Å². The van der Waals surface area contributed by atoms with E-state index in [-0.39, 0.29) is 5.95 Å². The maximum atomic E-state index is 10.0. The predicted molar refractivity (Wildman–Crippen MR) is 41.2 cm³/mol. The van der Waals surface area contributed by atoms with E-state index in [1.54, 1.807) is 7.05 Å². The smallest absolute Gasteiger partial charge is 0.390 e. The highest BCUT2D eigenvalue weighted by Crippen LogP contribution is 2.02. The number of nitro groups is 1. The van der Waals surface area contributed by atoms with Gasteiger partial charge in [-0.25, -0.2) is 4.57 Å². The van der Waals surface area contributed by atoms with Gasteiger partial charge in [0, 0.05) is 0 Å². The van der Waals surface area contributed by atoms with E-state index in [0.29, 0.717) is 0 Å². The number of rotatable bonds is 1. The van der Waals surface area contributed by atoms with Crippen molar-refractivity contribution < 1.29 is 4.92 Å². The van der Waals surface area contributed by atoms with Crippen LogP contribution in [0.15, 0.2) is 12.4 Å². The highest BCUT2D eigenvalue weighted by atomic mass is 16.6. The van der Waals surface area contributed by atoms with E-state index >= 15 is 0 Å². The van der Waals surface area contributed by atoms with Gasteiger partial charge in [-0.1, -0.05) is 18.8 Å². The third kappa shape index (κ3) is 2.37. The summed E-state index contributed by atoms with van der Waals surface area (Å²) < 4.78 is 1.35. The van der Waals surface area contributed by atoms with Crippen molar-refractivity contribution in [3.05, 3.63) is 22.5 Å². The molecular weight excluding hydrogens is 146 g/mol. The molecular formula is C6H11N3O2. The third-order valence-corrected chi connectivity index (χ3v) is 0.959. The van der Waals surface area contributed by atoms with E-state index in [1.807, 2.05) is 13.8 Å². The summed E-state index contributed by atoms with van der Waals surface area (Å²) in [6.45, 7) is 4.00. The molecule has 0 N–H and O–H groups in total. The Morgan fingerprint density at radius 1 is 1.64 bits per heavy atom. The van der Waals surface area contributed by atoms with Gasteiger partial charge in [0.1, 0.15) is 12.4 Å². The first kappa shape index (κ1) is 9.61. The molecule has 0 fully saturated rings. The number of hydrogen-bond donors (Lipinski definition) is 0. The van der Waals surface area contributed by atoms with E-state index in [1.165, 1.54) is 17.0 Å². The lowest BCUT2D eigenvalue weighted by Gasteiger charge is -1.90. The van der Waals surface area contributed by atoms with Crippen molar-refractivity contribution in [1.29, 1.82) is 0 Å². The Labute approximate surface area is 64.8 Å². The van der Waals surface area contributed by atoms with E-state index in [2.05, 4.69) is 4.98 Å². The molecule has 0 spiro atoms. The van der Waals surface area contributed by atoms with Gasteiger partial charge in [-0.05, 0) is 4.92 Å². The monoisotopic (exact) mass is 157 g/mol. The number of hydrogen-bond acceptors (Lipinski definition) is 3. The Kier molecular flexibility index (Phi) is 3.87. The molecule has 0 saturated heterocycles. The largest absolute Gasteiger partial charge is 0.434 e. The van der Waals surface area contributed by atoms with Gasteiger partial charge >= 0.3 is 5.95 Å². The zero-order valence-corrected chi connectivity index (χ0v) is 6.81. The highest BCUT2D eigenvalue weighted by molar-refractivity contribution is 5.04. The Morgan fingerprint density at radius 3 is 2.36 bits per heavy atom. The summed E-state index contributed by atoms with van der Waals surface area (Å²) in [5.41, 5.74) is 0. The summed E-state index contributed by atoms with van der Waals surface area (Å²) in [4.78, 5) is 13.0. The molecule has 62 valence electrons. The van der Waals surface area contributed by atoms with Gasteiger partial charge in [0.15, 0.2) is 0 Å². The van der Waals surface area contributed by atoms with Crippen LogP contribution >= 0.6 is 0 Å². The lowest BCUT2D eigenvalue weighted by Crippen LogP contribution is -1.96. The lowest BCUT2D eigenvalue weighted by molar-refractivity contribution is -0.396. The molecule has 1 aromatic heterocycles. The minimum absolute atomic E-state index is 0.130. The average Bonchev–Trinajstić information content (AvgIpc) is 2.39. The molecule has 11 heavy (non-hydrogen) atoms. The minimum atomic E-state index is -0.528. The van der Waals surface area contributed by atoms with Crippen molar-refractivity contribution in [3.8, 4) is 0 Å². The Bertz CT molecular complexity index is 231. The highest BCUT2D eigenvalue weighted by Gasteiger charge is 2.07. The maximum Gasteiger partial charge on any atom is 0.434 e. The van der Waals surface area contributed by atoms with Crippen LogP contribution in [0.1, 0.15) is 13.8 Å². The topological polar surface area (TPSA) is 61.0 Å². The van der Waals surface area contributed by atoms with Gasteiger partial charge in [-0.15, -0.1) is 0 Å². The molecule has 0 unspecified atom stereocenters. The number of aromatic nitrogens is 2. The minimum Gasteiger partial charge on any atom is -0.390 e. The van der Waals surface area contributed by atoms with Gasteiger partial charge in [0.05, 0.1) is 7.05 Å². The molecule has 1 heterocycles. The second-order valence-corrected chi connectivity index (χ2v) is 1.60. The SMILES string of the molecule is CC.Cn1ccnc1[N+](=O)[O-]. The van der Waals surface area contributed by atoms with Crippen LogP contribution in [0.4, 0.5) is 5.95 Å². The van der Waals surface area contributed by atoms with Gasteiger partial charge in [0.2, 0.25) is 0 Å². The van der Waals surface area contributed by atoms with Crippen molar-refractivity contribution >= 4 is 5.95 Å². The summed E-state index contributed by atoms with van der Waals surface area (Å²) in [6, 6.07) is 0. The first-order valence-electron chi connectivity index (χ1n) is 3.33. The van der Waals surface area contributed by atoms with Crippen molar-refractivity contribution in [2.75, 3.05) is 0 Å². The van der Waals surface area contributed by atoms with Crippen molar-refractivity contribution in [1.82, 2.24) is 9.55 Å². The molecule has 1 aromatic rings. The standard InChI is InChI=1S/C4H5N3O2.C2H6/c1-6-3-2-5-4(6)7(8)9;1-2/h2-3H,1H3;1-2H3. The second-order valence-electron chi connectivity index (χ2n) is 1.60. The number of nitrogens with zero attached hydrogens (tertiary/aromatic N) is 3. The van der Waals surface area contributed by atoms with E-state index in [0.717, 1.165) is 0 Å². The summed E-state index contributed by atoms with van der Waals surface area (Å²) in [7, 11) is 1.57. The molecule has 0 aliphatic carbocycles. The maximum absolute atomic E-state index is 10.0. The Morgan fingerprint density at radius 2 is 2.18 bits per heavy atom. The van der Waals surface area contributed by atoms with Crippen LogP contribution in [0.5, 0.6) is 0 Å². The predicted octanol–water partition coefficient (Wildman–Crippen LogP) is 1.35. The fourth-order valence-electron chi connectivity index (χ4n) is 0.534. The first-order chi connectivity index (χ1) is 5.22. The van der Waals surface area contributed by atoms with Gasteiger partial charge in [-0.3, -0.25) is 0 Å². The third-order valence-electron chi connectivity index (χ3n) is 0.959. The zero-order chi connectivity index (χ0) is 8.85. The number of aryl methyl sites for hydroxylation is 1. The van der Waals surface area contributed by atoms with Crippen LogP contribution in [0, 0.1) is 10.1 Å². The van der Waals surface area contributed by atoms with Crippen LogP contribution in [-0.2, 0) is 7.05 Å². The molecule has 0 atom stereocenters. The molecule has 0 bridgehead atoms. The van der Waals surface area contributed by atoms with E-state index < -0.39 is 4.92 Å². The summed E-state index contributed by atoms with van der Waals surface area (Å²) in [5, 5.41) is 10.0. The van der Waals surface area contributed by atoms with Gasteiger partial charge in [0.25, 0.3) is 0 Å². The summed E-state index contributed by atoms with van der Waals surface area (Å²) in [6.07, 6.45) is 2.91. The second kappa shape index (κ2) is 4.43. The molecule has 5 nitrogen and oxygen atoms in total. The van der Waals surface area contributed by atoms with Crippen molar-refractivity contribution in [3.63, 3.8) is 0 Å². The van der Waals surface area contributed by atoms with Crippen LogP contribution in [0.3, 0.4) is 0 Å². The van der Waals surface area contributed by atoms with Gasteiger partial charge in [-0.2, -0.15) is 0 Å².